The second-order valence-electron chi connectivity index (χ2n) is 5.28. The summed E-state index contributed by atoms with van der Waals surface area (Å²) in [6.07, 6.45) is 0.536. The molecular formula is C17H12BrN3O2S. The third-order valence-corrected chi connectivity index (χ3v) is 4.57. The zero-order chi connectivity index (χ0) is 16.5. The molecule has 120 valence electrons. The minimum absolute atomic E-state index is 0.249. The van der Waals surface area contributed by atoms with Gasteiger partial charge in [0.05, 0.1) is 0 Å². The van der Waals surface area contributed by atoms with Crippen molar-refractivity contribution in [3.8, 4) is 22.9 Å². The Bertz CT molecular complexity index is 908. The standard InChI is InChI=1S/C17H12BrN3O2S/c18-12-4-1-10(2-5-12)15(24)8-16-19-17(21-20-16)11-3-6-13-14(7-11)23-9-22-13/h1-7H,8-9H2,(H,19,20,21). The van der Waals surface area contributed by atoms with Crippen molar-refractivity contribution >= 4 is 33.0 Å². The van der Waals surface area contributed by atoms with Crippen LogP contribution in [0.1, 0.15) is 11.4 Å². The van der Waals surface area contributed by atoms with Gasteiger partial charge in [0.15, 0.2) is 17.3 Å². The van der Waals surface area contributed by atoms with Gasteiger partial charge in [0.2, 0.25) is 6.79 Å². The maximum atomic E-state index is 5.50. The number of benzene rings is 2. The van der Waals surface area contributed by atoms with Gasteiger partial charge in [0.25, 0.3) is 0 Å². The van der Waals surface area contributed by atoms with Crippen LogP contribution in [0.25, 0.3) is 11.4 Å². The molecule has 2 heterocycles. The summed E-state index contributed by atoms with van der Waals surface area (Å²) < 4.78 is 11.7. The van der Waals surface area contributed by atoms with Crippen molar-refractivity contribution in [2.75, 3.05) is 6.79 Å². The number of hydrogen-bond acceptors (Lipinski definition) is 5. The number of rotatable bonds is 4. The highest BCUT2D eigenvalue weighted by atomic mass is 79.9. The van der Waals surface area contributed by atoms with Crippen molar-refractivity contribution in [1.82, 2.24) is 15.2 Å². The summed E-state index contributed by atoms with van der Waals surface area (Å²) in [6, 6.07) is 13.6. The molecule has 0 spiro atoms. The highest BCUT2D eigenvalue weighted by Crippen LogP contribution is 2.34. The predicted octanol–water partition coefficient (Wildman–Crippen LogP) is 3.92. The summed E-state index contributed by atoms with van der Waals surface area (Å²) in [5, 5.41) is 7.23. The van der Waals surface area contributed by atoms with E-state index in [9.17, 15) is 0 Å². The number of halogens is 1. The van der Waals surface area contributed by atoms with Gasteiger partial charge in [-0.25, -0.2) is 4.98 Å². The molecule has 0 radical (unpaired) electrons. The lowest BCUT2D eigenvalue weighted by Crippen LogP contribution is -2.03. The Morgan fingerprint density at radius 3 is 2.75 bits per heavy atom. The van der Waals surface area contributed by atoms with Crippen molar-refractivity contribution in [2.24, 2.45) is 0 Å². The van der Waals surface area contributed by atoms with Gasteiger partial charge in [-0.05, 0) is 35.9 Å². The van der Waals surface area contributed by atoms with E-state index in [1.165, 1.54) is 0 Å². The average Bonchev–Trinajstić information content (AvgIpc) is 3.23. The Labute approximate surface area is 152 Å². The molecule has 1 N–H and O–H groups in total. The van der Waals surface area contributed by atoms with Crippen LogP contribution < -0.4 is 9.47 Å². The van der Waals surface area contributed by atoms with Crippen LogP contribution in [0.15, 0.2) is 46.9 Å². The minimum atomic E-state index is 0.249. The quantitative estimate of drug-likeness (QED) is 0.530. The third-order valence-electron chi connectivity index (χ3n) is 3.66. The van der Waals surface area contributed by atoms with E-state index >= 15 is 0 Å². The first-order valence-corrected chi connectivity index (χ1v) is 8.49. The van der Waals surface area contributed by atoms with Crippen LogP contribution in [0, 0.1) is 0 Å². The van der Waals surface area contributed by atoms with Gasteiger partial charge in [-0.1, -0.05) is 40.3 Å². The van der Waals surface area contributed by atoms with Gasteiger partial charge in [-0.3, -0.25) is 5.10 Å². The molecule has 0 fully saturated rings. The van der Waals surface area contributed by atoms with Crippen LogP contribution >= 0.6 is 28.1 Å². The van der Waals surface area contributed by atoms with Gasteiger partial charge in [-0.2, -0.15) is 5.10 Å². The molecule has 1 aliphatic rings. The van der Waals surface area contributed by atoms with E-state index in [0.29, 0.717) is 18.0 Å². The van der Waals surface area contributed by atoms with Crippen LogP contribution in [0.2, 0.25) is 0 Å². The summed E-state index contributed by atoms with van der Waals surface area (Å²) >= 11 is 8.92. The zero-order valence-corrected chi connectivity index (χ0v) is 14.9. The maximum Gasteiger partial charge on any atom is 0.231 e. The average molecular weight is 402 g/mol. The molecule has 5 nitrogen and oxygen atoms in total. The number of nitrogens with one attached hydrogen (secondary N) is 1. The van der Waals surface area contributed by atoms with Crippen molar-refractivity contribution in [2.45, 2.75) is 6.42 Å². The third kappa shape index (κ3) is 3.05. The molecule has 0 aliphatic carbocycles. The Morgan fingerprint density at radius 1 is 1.12 bits per heavy atom. The molecule has 1 aromatic heterocycles. The molecule has 0 saturated carbocycles. The lowest BCUT2D eigenvalue weighted by Gasteiger charge is -2.01. The second kappa shape index (κ2) is 6.33. The molecule has 7 heteroatoms. The minimum Gasteiger partial charge on any atom is -0.454 e. The molecule has 0 bridgehead atoms. The molecule has 3 aromatic rings. The van der Waals surface area contributed by atoms with E-state index in [2.05, 4.69) is 31.1 Å². The summed E-state index contributed by atoms with van der Waals surface area (Å²) in [5.74, 6) is 2.80. The molecule has 0 amide bonds. The fraction of sp³-hybridized carbons (Fsp3) is 0.118. The number of aromatic amines is 1. The highest BCUT2D eigenvalue weighted by Gasteiger charge is 2.16. The van der Waals surface area contributed by atoms with E-state index < -0.39 is 0 Å². The SMILES string of the molecule is S=C(Cc1nc(-c2ccc3c(c2)OCO3)n[nH]1)c1ccc(Br)cc1. The molecule has 4 rings (SSSR count). The van der Waals surface area contributed by atoms with Gasteiger partial charge < -0.3 is 9.47 Å². The highest BCUT2D eigenvalue weighted by molar-refractivity contribution is 9.10. The number of thiocarbonyl (C=S) groups is 1. The van der Waals surface area contributed by atoms with Crippen molar-refractivity contribution in [1.29, 1.82) is 0 Å². The Kier molecular flexibility index (Phi) is 4.03. The number of ether oxygens (including phenoxy) is 2. The van der Waals surface area contributed by atoms with E-state index in [0.717, 1.165) is 32.0 Å². The molecule has 24 heavy (non-hydrogen) atoms. The molecule has 0 saturated heterocycles. The van der Waals surface area contributed by atoms with Gasteiger partial charge in [-0.15, -0.1) is 0 Å². The number of hydrogen-bond donors (Lipinski definition) is 1. The first-order valence-electron chi connectivity index (χ1n) is 7.29. The van der Waals surface area contributed by atoms with Crippen LogP contribution in [-0.2, 0) is 6.42 Å². The van der Waals surface area contributed by atoms with Gasteiger partial charge in [0.1, 0.15) is 5.82 Å². The van der Waals surface area contributed by atoms with Gasteiger partial charge in [0, 0.05) is 21.3 Å². The Balaban J connectivity index is 1.52. The molecule has 0 unspecified atom stereocenters. The van der Waals surface area contributed by atoms with Crippen molar-refractivity contribution in [3.05, 3.63) is 58.3 Å². The largest absolute Gasteiger partial charge is 0.454 e. The van der Waals surface area contributed by atoms with Crippen LogP contribution in [-0.4, -0.2) is 26.8 Å². The number of aromatic nitrogens is 3. The topological polar surface area (TPSA) is 60.0 Å². The Hall–Kier alpha value is -2.25. The normalized spacial score (nSPS) is 12.4. The van der Waals surface area contributed by atoms with E-state index in [-0.39, 0.29) is 6.79 Å². The van der Waals surface area contributed by atoms with Crippen LogP contribution in [0.3, 0.4) is 0 Å². The summed E-state index contributed by atoms with van der Waals surface area (Å²) in [7, 11) is 0. The van der Waals surface area contributed by atoms with Crippen molar-refractivity contribution in [3.63, 3.8) is 0 Å². The van der Waals surface area contributed by atoms with Gasteiger partial charge >= 0.3 is 0 Å². The second-order valence-corrected chi connectivity index (χ2v) is 6.69. The summed E-state index contributed by atoms with van der Waals surface area (Å²) in [5.41, 5.74) is 1.88. The first kappa shape index (κ1) is 15.3. The van der Waals surface area contributed by atoms with Crippen LogP contribution in [0.4, 0.5) is 0 Å². The molecule has 0 atom stereocenters. The van der Waals surface area contributed by atoms with Crippen molar-refractivity contribution < 1.29 is 9.47 Å². The first-order chi connectivity index (χ1) is 11.7. The fourth-order valence-electron chi connectivity index (χ4n) is 2.43. The fourth-order valence-corrected chi connectivity index (χ4v) is 2.97. The van der Waals surface area contributed by atoms with E-state index in [1.807, 2.05) is 42.5 Å². The van der Waals surface area contributed by atoms with E-state index in [4.69, 9.17) is 21.7 Å². The lowest BCUT2D eigenvalue weighted by molar-refractivity contribution is 0.174. The maximum absolute atomic E-state index is 5.50. The molecule has 2 aromatic carbocycles. The summed E-state index contributed by atoms with van der Waals surface area (Å²) in [6.45, 7) is 0.249. The predicted molar refractivity (Wildman–Crippen MR) is 97.5 cm³/mol. The molecule has 1 aliphatic heterocycles. The smallest absolute Gasteiger partial charge is 0.231 e. The number of nitrogens with zero attached hydrogens (tertiary/aromatic N) is 2. The zero-order valence-electron chi connectivity index (χ0n) is 12.5. The van der Waals surface area contributed by atoms with E-state index in [1.54, 1.807) is 0 Å². The van der Waals surface area contributed by atoms with Crippen LogP contribution in [0.5, 0.6) is 11.5 Å². The summed E-state index contributed by atoms with van der Waals surface area (Å²) in [4.78, 5) is 5.34. The molecular weight excluding hydrogens is 390 g/mol. The number of H-pyrrole nitrogens is 1. The lowest BCUT2D eigenvalue weighted by atomic mass is 10.1. The number of fused-ring (bicyclic) bond motifs is 1. The Morgan fingerprint density at radius 2 is 1.92 bits per heavy atom. The monoisotopic (exact) mass is 401 g/mol.